The maximum Gasteiger partial charge on any atom is 0.343 e. The van der Waals surface area contributed by atoms with Gasteiger partial charge in [0.05, 0.1) is 40.8 Å². The molecule has 5 rings (SSSR count). The summed E-state index contributed by atoms with van der Waals surface area (Å²) in [5.41, 5.74) is 4.36. The summed E-state index contributed by atoms with van der Waals surface area (Å²) in [6.45, 7) is 10.3. The second-order valence-corrected chi connectivity index (χ2v) is 13.6. The number of nitrogens with zero attached hydrogens (tertiary/aromatic N) is 2. The first-order valence-corrected chi connectivity index (χ1v) is 19.6. The highest BCUT2D eigenvalue weighted by Crippen LogP contribution is 2.28. The van der Waals surface area contributed by atoms with Crippen LogP contribution in [-0.4, -0.2) is 80.4 Å². The number of thiazole rings is 1. The van der Waals surface area contributed by atoms with Crippen molar-refractivity contribution < 1.29 is 61.9 Å². The number of carbonyl (C=O) groups is 5. The number of carbonyl (C=O) groups excluding carboxylic acids is 5. The number of aromatic nitrogens is 1. The van der Waals surface area contributed by atoms with Gasteiger partial charge in [-0.05, 0) is 91.7 Å². The summed E-state index contributed by atoms with van der Waals surface area (Å²) in [5, 5.41) is 4.82. The molecule has 5 aromatic rings. The summed E-state index contributed by atoms with van der Waals surface area (Å²) >= 11 is 1.40. The third-order valence-electron chi connectivity index (χ3n) is 8.11. The zero-order valence-corrected chi connectivity index (χ0v) is 34.0. The fraction of sp³-hybridized carbons (Fsp3) is 0.178. The number of ether oxygens (including phenoxy) is 8. The summed E-state index contributed by atoms with van der Waals surface area (Å²) < 4.78 is 44.2. The van der Waals surface area contributed by atoms with Gasteiger partial charge in [0, 0.05) is 30.4 Å². The number of hydrazone groups is 1. The van der Waals surface area contributed by atoms with Crippen LogP contribution in [0.25, 0.3) is 10.2 Å². The van der Waals surface area contributed by atoms with Crippen LogP contribution in [0.15, 0.2) is 134 Å². The lowest BCUT2D eigenvalue weighted by atomic mass is 10.2. The Balaban J connectivity index is 1.22. The number of nitrogens with one attached hydrogen (secondary N) is 1. The van der Waals surface area contributed by atoms with E-state index >= 15 is 0 Å². The van der Waals surface area contributed by atoms with Crippen molar-refractivity contribution in [1.82, 2.24) is 4.98 Å². The van der Waals surface area contributed by atoms with Crippen molar-refractivity contribution in [3.05, 3.63) is 146 Å². The molecule has 1 unspecified atom stereocenters. The molecule has 1 atom stereocenters. The average Bonchev–Trinajstić information content (AvgIpc) is 3.71. The summed E-state index contributed by atoms with van der Waals surface area (Å²) in [4.78, 5) is 65.2. The molecule has 62 heavy (non-hydrogen) atoms. The molecule has 0 aliphatic carbocycles. The number of benzene rings is 4. The van der Waals surface area contributed by atoms with Gasteiger partial charge in [-0.2, -0.15) is 5.10 Å². The summed E-state index contributed by atoms with van der Waals surface area (Å²) in [5.74, 6) is -2.22. The molecule has 1 N–H and O–H groups in total. The van der Waals surface area contributed by atoms with Gasteiger partial charge in [0.25, 0.3) is 0 Å². The maximum absolute atomic E-state index is 13.4. The first-order valence-electron chi connectivity index (χ1n) is 18.8. The molecule has 0 aliphatic rings. The SMILES string of the molecule is C=CC(=O)OCCCCOCC(COc1ccc(C(=O)Oc2ccc(OC(=O)c3ccc(OCOC(=O)C=C)cc3)cc2C=NNc2nc3ccccc3s2)cc1)OC(=O)C=C. The quantitative estimate of drug-likeness (QED) is 0.00951. The van der Waals surface area contributed by atoms with Crippen molar-refractivity contribution in [3.8, 4) is 23.0 Å². The van der Waals surface area contributed by atoms with E-state index in [1.54, 1.807) is 12.1 Å². The summed E-state index contributed by atoms with van der Waals surface area (Å²) in [7, 11) is 0. The molecule has 0 radical (unpaired) electrons. The molecule has 0 amide bonds. The van der Waals surface area contributed by atoms with E-state index in [1.807, 2.05) is 24.3 Å². The third kappa shape index (κ3) is 14.6. The smallest absolute Gasteiger partial charge is 0.343 e. The van der Waals surface area contributed by atoms with Crippen LogP contribution in [0.4, 0.5) is 5.13 Å². The van der Waals surface area contributed by atoms with E-state index < -0.39 is 36.0 Å². The van der Waals surface area contributed by atoms with Gasteiger partial charge in [0.15, 0.2) is 6.10 Å². The number of hydrogen-bond acceptors (Lipinski definition) is 17. The van der Waals surface area contributed by atoms with Crippen LogP contribution >= 0.6 is 11.3 Å². The second-order valence-electron chi connectivity index (χ2n) is 12.5. The summed E-state index contributed by atoms with van der Waals surface area (Å²) in [6, 6.07) is 24.1. The number of fused-ring (bicyclic) bond motifs is 1. The van der Waals surface area contributed by atoms with E-state index in [0.717, 1.165) is 28.4 Å². The molecule has 1 heterocycles. The Morgan fingerprint density at radius 2 is 1.32 bits per heavy atom. The highest BCUT2D eigenvalue weighted by atomic mass is 32.1. The molecule has 17 heteroatoms. The Bertz CT molecular complexity index is 2360. The molecule has 4 aromatic carbocycles. The Labute approximate surface area is 360 Å². The van der Waals surface area contributed by atoms with Gasteiger partial charge in [0.2, 0.25) is 11.9 Å². The Morgan fingerprint density at radius 1 is 0.694 bits per heavy atom. The highest BCUT2D eigenvalue weighted by Gasteiger charge is 2.17. The number of hydrogen-bond donors (Lipinski definition) is 1. The van der Waals surface area contributed by atoms with E-state index in [1.165, 1.54) is 72.1 Å². The van der Waals surface area contributed by atoms with E-state index in [-0.39, 0.29) is 54.8 Å². The number of rotatable bonds is 24. The lowest BCUT2D eigenvalue weighted by molar-refractivity contribution is -0.148. The molecular formula is C45H41N3O13S. The van der Waals surface area contributed by atoms with Gasteiger partial charge < -0.3 is 37.9 Å². The van der Waals surface area contributed by atoms with Crippen LogP contribution in [0.3, 0.4) is 0 Å². The molecule has 0 saturated heterocycles. The van der Waals surface area contributed by atoms with Crippen LogP contribution in [0.5, 0.6) is 23.0 Å². The van der Waals surface area contributed by atoms with Crippen molar-refractivity contribution in [3.63, 3.8) is 0 Å². The predicted molar refractivity (Wildman–Crippen MR) is 229 cm³/mol. The monoisotopic (exact) mass is 863 g/mol. The first-order chi connectivity index (χ1) is 30.1. The van der Waals surface area contributed by atoms with Crippen LogP contribution in [0.1, 0.15) is 39.1 Å². The predicted octanol–water partition coefficient (Wildman–Crippen LogP) is 7.25. The molecule has 320 valence electrons. The molecule has 0 bridgehead atoms. The average molecular weight is 864 g/mol. The Hall–Kier alpha value is -7.63. The minimum Gasteiger partial charge on any atom is -0.490 e. The largest absolute Gasteiger partial charge is 0.490 e. The van der Waals surface area contributed by atoms with Crippen LogP contribution in [-0.2, 0) is 33.3 Å². The fourth-order valence-electron chi connectivity index (χ4n) is 5.05. The van der Waals surface area contributed by atoms with Crippen molar-refractivity contribution in [2.45, 2.75) is 18.9 Å². The second kappa shape index (κ2) is 23.8. The lowest BCUT2D eigenvalue weighted by Gasteiger charge is -2.18. The van der Waals surface area contributed by atoms with Crippen molar-refractivity contribution in [2.24, 2.45) is 5.10 Å². The van der Waals surface area contributed by atoms with Gasteiger partial charge >= 0.3 is 29.8 Å². The van der Waals surface area contributed by atoms with Gasteiger partial charge in [0.1, 0.15) is 29.6 Å². The number of unbranched alkanes of at least 4 members (excludes halogenated alkanes) is 1. The molecule has 16 nitrogen and oxygen atoms in total. The van der Waals surface area contributed by atoms with Crippen LogP contribution in [0.2, 0.25) is 0 Å². The first kappa shape index (κ1) is 45.5. The molecule has 0 aliphatic heterocycles. The molecule has 0 fully saturated rings. The number of anilines is 1. The summed E-state index contributed by atoms with van der Waals surface area (Å²) in [6.07, 6.45) is 4.95. The van der Waals surface area contributed by atoms with Crippen LogP contribution < -0.4 is 24.4 Å². The van der Waals surface area contributed by atoms with Crippen molar-refractivity contribution >= 4 is 62.7 Å². The number of para-hydroxylation sites is 1. The van der Waals surface area contributed by atoms with Crippen LogP contribution in [0, 0.1) is 0 Å². The molecule has 1 aromatic heterocycles. The number of esters is 5. The minimum absolute atomic E-state index is 0.0384. The van der Waals surface area contributed by atoms with Gasteiger partial charge in [-0.3, -0.25) is 5.43 Å². The highest BCUT2D eigenvalue weighted by molar-refractivity contribution is 7.22. The minimum atomic E-state index is -0.766. The zero-order chi connectivity index (χ0) is 44.1. The van der Waals surface area contributed by atoms with E-state index in [4.69, 9.17) is 37.9 Å². The Kier molecular flexibility index (Phi) is 17.5. The maximum atomic E-state index is 13.4. The van der Waals surface area contributed by atoms with Gasteiger partial charge in [-0.15, -0.1) is 0 Å². The van der Waals surface area contributed by atoms with Gasteiger partial charge in [-0.1, -0.05) is 43.2 Å². The topological polar surface area (TPSA) is 196 Å². The fourth-order valence-corrected chi connectivity index (χ4v) is 5.86. The molecule has 0 spiro atoms. The third-order valence-corrected chi connectivity index (χ3v) is 9.05. The lowest BCUT2D eigenvalue weighted by Crippen LogP contribution is -2.29. The van der Waals surface area contributed by atoms with Crippen molar-refractivity contribution in [1.29, 1.82) is 0 Å². The van der Waals surface area contributed by atoms with E-state index in [9.17, 15) is 24.0 Å². The normalized spacial score (nSPS) is 11.2. The Morgan fingerprint density at radius 3 is 2.02 bits per heavy atom. The van der Waals surface area contributed by atoms with Crippen molar-refractivity contribution in [2.75, 3.05) is 38.6 Å². The van der Waals surface area contributed by atoms with E-state index in [2.05, 4.69) is 35.2 Å². The molecule has 0 saturated carbocycles. The van der Waals surface area contributed by atoms with E-state index in [0.29, 0.717) is 36.1 Å². The zero-order valence-electron chi connectivity index (χ0n) is 33.2. The standard InChI is InChI=1S/C45H41N3O13S/c1-4-40(49)55-24-10-9-23-54-27-36(59-42(51)6-3)28-56-33-17-13-31(14-18-33)44(53)61-38-22-21-35(25-32(38)26-46-48-45-47-37-11-7-8-12-39(37)62-45)60-43(52)30-15-19-34(20-16-30)57-29-58-41(50)5-2/h4-8,11-22,25-26,36H,1-3,9-10,23-24,27-29H2,(H,47,48). The van der Waals surface area contributed by atoms with Gasteiger partial charge in [-0.25, -0.2) is 29.0 Å². The molecular weight excluding hydrogens is 823 g/mol.